The molecular formula is C14H19FOS. The Morgan fingerprint density at radius 1 is 1.35 bits per heavy atom. The Bertz CT molecular complexity index is 397. The van der Waals surface area contributed by atoms with Gasteiger partial charge in [0.1, 0.15) is 5.82 Å². The molecule has 1 unspecified atom stereocenters. The van der Waals surface area contributed by atoms with Crippen molar-refractivity contribution >= 4 is 11.8 Å². The zero-order chi connectivity index (χ0) is 12.4. The van der Waals surface area contributed by atoms with Crippen LogP contribution in [0.15, 0.2) is 17.0 Å². The van der Waals surface area contributed by atoms with E-state index in [1.807, 2.05) is 6.07 Å². The van der Waals surface area contributed by atoms with E-state index in [2.05, 4.69) is 0 Å². The third-order valence-electron chi connectivity index (χ3n) is 3.34. The summed E-state index contributed by atoms with van der Waals surface area (Å²) in [4.78, 5) is 1.05. The molecule has 1 aromatic carbocycles. The first kappa shape index (κ1) is 12.9. The van der Waals surface area contributed by atoms with E-state index in [1.165, 1.54) is 31.7 Å². The van der Waals surface area contributed by atoms with E-state index in [1.54, 1.807) is 25.6 Å². The monoisotopic (exact) mass is 254 g/mol. The van der Waals surface area contributed by atoms with Gasteiger partial charge in [-0.2, -0.15) is 0 Å². The lowest BCUT2D eigenvalue weighted by atomic mass is 10.1. The van der Waals surface area contributed by atoms with Crippen LogP contribution in [0.5, 0.6) is 0 Å². The minimum Gasteiger partial charge on any atom is -0.389 e. The van der Waals surface area contributed by atoms with E-state index in [-0.39, 0.29) is 5.82 Å². The molecule has 1 N–H and O–H groups in total. The van der Waals surface area contributed by atoms with Gasteiger partial charge < -0.3 is 5.11 Å². The number of benzene rings is 1. The summed E-state index contributed by atoms with van der Waals surface area (Å²) < 4.78 is 13.5. The second-order valence-electron chi connectivity index (χ2n) is 4.84. The van der Waals surface area contributed by atoms with Crippen molar-refractivity contribution in [1.29, 1.82) is 0 Å². The maximum atomic E-state index is 13.5. The summed E-state index contributed by atoms with van der Waals surface area (Å²) >= 11 is 1.80. The molecule has 1 aliphatic rings. The van der Waals surface area contributed by atoms with Crippen LogP contribution in [0, 0.1) is 12.7 Å². The van der Waals surface area contributed by atoms with Crippen molar-refractivity contribution in [1.82, 2.24) is 0 Å². The molecular weight excluding hydrogens is 235 g/mol. The molecule has 94 valence electrons. The molecule has 1 atom stereocenters. The fourth-order valence-corrected chi connectivity index (χ4v) is 3.82. The fraction of sp³-hybridized carbons (Fsp3) is 0.571. The lowest BCUT2D eigenvalue weighted by Gasteiger charge is -2.16. The molecule has 1 aromatic rings. The maximum absolute atomic E-state index is 13.5. The standard InChI is InChI=1S/C14H19FOS/c1-9-7-14(17-11-5-3-4-6-11)12(10(2)16)8-13(9)15/h7-8,10-11,16H,3-6H2,1-2H3. The van der Waals surface area contributed by atoms with E-state index in [0.29, 0.717) is 10.8 Å². The molecule has 0 heterocycles. The van der Waals surface area contributed by atoms with Crippen LogP contribution in [-0.4, -0.2) is 10.4 Å². The van der Waals surface area contributed by atoms with E-state index >= 15 is 0 Å². The van der Waals surface area contributed by atoms with Crippen molar-refractivity contribution in [3.63, 3.8) is 0 Å². The number of rotatable bonds is 3. The molecule has 0 bridgehead atoms. The minimum absolute atomic E-state index is 0.225. The van der Waals surface area contributed by atoms with Crippen molar-refractivity contribution in [3.05, 3.63) is 29.1 Å². The second-order valence-corrected chi connectivity index (χ2v) is 6.18. The van der Waals surface area contributed by atoms with Gasteiger partial charge in [-0.15, -0.1) is 11.8 Å². The number of aryl methyl sites for hydroxylation is 1. The third kappa shape index (κ3) is 3.02. The lowest BCUT2D eigenvalue weighted by Crippen LogP contribution is -2.01. The van der Waals surface area contributed by atoms with Gasteiger partial charge in [0.25, 0.3) is 0 Å². The first-order valence-electron chi connectivity index (χ1n) is 6.22. The number of aliphatic hydroxyl groups is 1. The predicted molar refractivity (Wildman–Crippen MR) is 69.9 cm³/mol. The summed E-state index contributed by atoms with van der Waals surface area (Å²) in [5, 5.41) is 10.4. The Kier molecular flexibility index (Phi) is 4.10. The van der Waals surface area contributed by atoms with Gasteiger partial charge in [-0.05, 0) is 49.9 Å². The van der Waals surface area contributed by atoms with Crippen molar-refractivity contribution in [2.45, 2.75) is 55.8 Å². The summed E-state index contributed by atoms with van der Waals surface area (Å²) in [5.74, 6) is -0.225. The highest BCUT2D eigenvalue weighted by atomic mass is 32.2. The number of aliphatic hydroxyl groups excluding tert-OH is 1. The summed E-state index contributed by atoms with van der Waals surface area (Å²) in [6, 6.07) is 3.36. The molecule has 1 nitrogen and oxygen atoms in total. The highest BCUT2D eigenvalue weighted by molar-refractivity contribution is 8.00. The molecule has 2 rings (SSSR count). The molecule has 1 aliphatic carbocycles. The molecule has 0 saturated heterocycles. The van der Waals surface area contributed by atoms with Gasteiger partial charge in [-0.3, -0.25) is 0 Å². The average molecular weight is 254 g/mol. The Morgan fingerprint density at radius 3 is 2.59 bits per heavy atom. The zero-order valence-electron chi connectivity index (χ0n) is 10.4. The molecule has 0 radical (unpaired) electrons. The first-order valence-corrected chi connectivity index (χ1v) is 7.10. The predicted octanol–water partition coefficient (Wildman–Crippen LogP) is 4.22. The highest BCUT2D eigenvalue weighted by Gasteiger charge is 2.19. The topological polar surface area (TPSA) is 20.2 Å². The second kappa shape index (κ2) is 5.40. The van der Waals surface area contributed by atoms with Gasteiger partial charge in [0.15, 0.2) is 0 Å². The largest absolute Gasteiger partial charge is 0.389 e. The van der Waals surface area contributed by atoms with Gasteiger partial charge in [0.2, 0.25) is 0 Å². The number of hydrogen-bond acceptors (Lipinski definition) is 2. The number of halogens is 1. The summed E-state index contributed by atoms with van der Waals surface area (Å²) in [5.41, 5.74) is 1.39. The molecule has 0 aromatic heterocycles. The third-order valence-corrected chi connectivity index (χ3v) is 4.75. The van der Waals surface area contributed by atoms with Crippen molar-refractivity contribution in [2.75, 3.05) is 0 Å². The van der Waals surface area contributed by atoms with E-state index < -0.39 is 6.10 Å². The Morgan fingerprint density at radius 2 is 2.00 bits per heavy atom. The maximum Gasteiger partial charge on any atom is 0.126 e. The van der Waals surface area contributed by atoms with Crippen LogP contribution in [0.25, 0.3) is 0 Å². The van der Waals surface area contributed by atoms with E-state index in [9.17, 15) is 9.50 Å². The van der Waals surface area contributed by atoms with Gasteiger partial charge in [0, 0.05) is 10.1 Å². The van der Waals surface area contributed by atoms with Crippen molar-refractivity contribution < 1.29 is 9.50 Å². The van der Waals surface area contributed by atoms with Crippen LogP contribution < -0.4 is 0 Å². The molecule has 17 heavy (non-hydrogen) atoms. The van der Waals surface area contributed by atoms with Gasteiger partial charge in [0.05, 0.1) is 6.10 Å². The quantitative estimate of drug-likeness (QED) is 0.871. The van der Waals surface area contributed by atoms with E-state index in [4.69, 9.17) is 0 Å². The van der Waals surface area contributed by atoms with Crippen LogP contribution >= 0.6 is 11.8 Å². The average Bonchev–Trinajstić information content (AvgIpc) is 2.75. The van der Waals surface area contributed by atoms with Gasteiger partial charge in [-0.1, -0.05) is 12.8 Å². The Hall–Kier alpha value is -0.540. The first-order chi connectivity index (χ1) is 8.08. The van der Waals surface area contributed by atoms with Gasteiger partial charge >= 0.3 is 0 Å². The summed E-state index contributed by atoms with van der Waals surface area (Å²) in [6.07, 6.45) is 4.46. The zero-order valence-corrected chi connectivity index (χ0v) is 11.2. The molecule has 0 aliphatic heterocycles. The van der Waals surface area contributed by atoms with E-state index in [0.717, 1.165) is 10.5 Å². The molecule has 1 saturated carbocycles. The smallest absolute Gasteiger partial charge is 0.126 e. The summed E-state index contributed by atoms with van der Waals surface area (Å²) in [7, 11) is 0. The van der Waals surface area contributed by atoms with Crippen LogP contribution in [-0.2, 0) is 0 Å². The lowest BCUT2D eigenvalue weighted by molar-refractivity contribution is 0.196. The SMILES string of the molecule is Cc1cc(SC2CCCC2)c(C(C)O)cc1F. The fourth-order valence-electron chi connectivity index (χ4n) is 2.28. The number of hydrogen-bond donors (Lipinski definition) is 1. The normalized spacial score (nSPS) is 18.6. The van der Waals surface area contributed by atoms with Crippen LogP contribution in [0.4, 0.5) is 4.39 Å². The van der Waals surface area contributed by atoms with Crippen molar-refractivity contribution in [2.24, 2.45) is 0 Å². The van der Waals surface area contributed by atoms with Crippen LogP contribution in [0.1, 0.15) is 49.8 Å². The van der Waals surface area contributed by atoms with Crippen LogP contribution in [0.3, 0.4) is 0 Å². The van der Waals surface area contributed by atoms with Gasteiger partial charge in [-0.25, -0.2) is 4.39 Å². The Balaban J connectivity index is 2.26. The van der Waals surface area contributed by atoms with Crippen molar-refractivity contribution in [3.8, 4) is 0 Å². The van der Waals surface area contributed by atoms with Crippen LogP contribution in [0.2, 0.25) is 0 Å². The molecule has 1 fully saturated rings. The number of thioether (sulfide) groups is 1. The molecule has 0 amide bonds. The molecule has 3 heteroatoms. The summed E-state index contributed by atoms with van der Waals surface area (Å²) in [6.45, 7) is 3.47. The Labute approximate surface area is 106 Å². The minimum atomic E-state index is -0.603. The highest BCUT2D eigenvalue weighted by Crippen LogP contribution is 2.38. The molecule has 0 spiro atoms.